The van der Waals surface area contributed by atoms with Gasteiger partial charge < -0.3 is 10.2 Å². The number of nitrogens with zero attached hydrogens (tertiary/aromatic N) is 4. The summed E-state index contributed by atoms with van der Waals surface area (Å²) in [4.78, 5) is 27.7. The molecule has 0 saturated carbocycles. The molecule has 0 radical (unpaired) electrons. The van der Waals surface area contributed by atoms with Crippen LogP contribution >= 0.6 is 0 Å². The maximum Gasteiger partial charge on any atom is 0.223 e. The van der Waals surface area contributed by atoms with Crippen LogP contribution in [0.5, 0.6) is 0 Å². The fourth-order valence-corrected chi connectivity index (χ4v) is 3.06. The van der Waals surface area contributed by atoms with E-state index in [4.69, 9.17) is 0 Å². The number of nitrogens with one attached hydrogen (secondary N) is 1. The van der Waals surface area contributed by atoms with Crippen LogP contribution in [0.3, 0.4) is 0 Å². The summed E-state index contributed by atoms with van der Waals surface area (Å²) in [5.74, 6) is 1.94. The van der Waals surface area contributed by atoms with Crippen molar-refractivity contribution in [1.82, 2.24) is 19.9 Å². The fourth-order valence-electron chi connectivity index (χ4n) is 3.06. The van der Waals surface area contributed by atoms with E-state index >= 15 is 0 Å². The molecule has 1 saturated heterocycles. The minimum absolute atomic E-state index is 0.0174. The third kappa shape index (κ3) is 3.69. The van der Waals surface area contributed by atoms with E-state index in [9.17, 15) is 4.79 Å². The zero-order chi connectivity index (χ0) is 16.9. The number of pyridine rings is 1. The lowest BCUT2D eigenvalue weighted by Gasteiger charge is -2.26. The van der Waals surface area contributed by atoms with E-state index in [1.165, 1.54) is 0 Å². The molecular weight excluding hydrogens is 302 g/mol. The van der Waals surface area contributed by atoms with Gasteiger partial charge in [-0.25, -0.2) is 9.97 Å². The molecule has 1 atom stereocenters. The van der Waals surface area contributed by atoms with Crippen LogP contribution in [-0.2, 0) is 4.79 Å². The van der Waals surface area contributed by atoms with E-state index in [-0.39, 0.29) is 11.9 Å². The summed E-state index contributed by atoms with van der Waals surface area (Å²) < 4.78 is 0. The minimum Gasteiger partial charge on any atom is -0.334 e. The Balaban J connectivity index is 1.84. The lowest BCUT2D eigenvalue weighted by Crippen LogP contribution is -2.32. The number of carbonyl (C=O) groups is 1. The summed E-state index contributed by atoms with van der Waals surface area (Å²) >= 11 is 0. The van der Waals surface area contributed by atoms with Gasteiger partial charge in [0.25, 0.3) is 0 Å². The molecule has 3 rings (SSSR count). The molecule has 2 aromatic heterocycles. The largest absolute Gasteiger partial charge is 0.334 e. The molecule has 1 aliphatic rings. The Bertz CT molecular complexity index is 689. The van der Waals surface area contributed by atoms with Gasteiger partial charge in [-0.1, -0.05) is 19.9 Å². The van der Waals surface area contributed by atoms with Gasteiger partial charge >= 0.3 is 0 Å². The first kappa shape index (κ1) is 16.4. The van der Waals surface area contributed by atoms with Crippen LogP contribution in [-0.4, -0.2) is 32.3 Å². The molecular formula is C18H23N5O. The van der Waals surface area contributed by atoms with Crippen LogP contribution in [0, 0.1) is 5.92 Å². The zero-order valence-electron chi connectivity index (χ0n) is 14.1. The van der Waals surface area contributed by atoms with Gasteiger partial charge in [0.2, 0.25) is 5.91 Å². The maximum atomic E-state index is 12.6. The Morgan fingerprint density at radius 3 is 2.83 bits per heavy atom. The highest BCUT2D eigenvalue weighted by molar-refractivity contribution is 5.77. The topological polar surface area (TPSA) is 71.0 Å². The molecule has 0 bridgehead atoms. The van der Waals surface area contributed by atoms with E-state index in [2.05, 4.69) is 34.1 Å². The van der Waals surface area contributed by atoms with Crippen molar-refractivity contribution in [3.63, 3.8) is 0 Å². The van der Waals surface area contributed by atoms with Gasteiger partial charge in [0.15, 0.2) is 5.82 Å². The predicted octanol–water partition coefficient (Wildman–Crippen LogP) is 3.32. The lowest BCUT2D eigenvalue weighted by atomic mass is 10.1. The number of hydrogen-bond donors (Lipinski definition) is 1. The van der Waals surface area contributed by atoms with Gasteiger partial charge in [0.05, 0.1) is 6.04 Å². The molecule has 0 aromatic carbocycles. The van der Waals surface area contributed by atoms with Crippen molar-refractivity contribution in [2.75, 3.05) is 11.9 Å². The molecule has 6 heteroatoms. The van der Waals surface area contributed by atoms with Gasteiger partial charge in [-0.3, -0.25) is 9.78 Å². The van der Waals surface area contributed by atoms with Crippen molar-refractivity contribution in [3.05, 3.63) is 42.5 Å². The highest BCUT2D eigenvalue weighted by atomic mass is 16.2. The summed E-state index contributed by atoms with van der Waals surface area (Å²) in [6.07, 6.45) is 7.55. The standard InChI is InChI=1S/C18H23N5O/c1-13(2)12-16(24)23-11-5-6-14(23)17-18(21-10-9-20-17)22-15-7-3-4-8-19-15/h3-4,7-10,13-14H,5-6,11-12H2,1-2H3,(H,19,21,22). The third-order valence-electron chi connectivity index (χ3n) is 4.11. The highest BCUT2D eigenvalue weighted by Gasteiger charge is 2.33. The molecule has 126 valence electrons. The second-order valence-electron chi connectivity index (χ2n) is 6.47. The zero-order valence-corrected chi connectivity index (χ0v) is 14.1. The molecule has 0 aliphatic carbocycles. The average molecular weight is 325 g/mol. The van der Waals surface area contributed by atoms with E-state index in [1.807, 2.05) is 23.1 Å². The second kappa shape index (κ2) is 7.38. The lowest BCUT2D eigenvalue weighted by molar-refractivity contribution is -0.132. The van der Waals surface area contributed by atoms with Crippen LogP contribution in [0.2, 0.25) is 0 Å². The summed E-state index contributed by atoms with van der Waals surface area (Å²) in [6, 6.07) is 5.65. The molecule has 24 heavy (non-hydrogen) atoms. The molecule has 3 heterocycles. The average Bonchev–Trinajstić information content (AvgIpc) is 3.05. The third-order valence-corrected chi connectivity index (χ3v) is 4.11. The van der Waals surface area contributed by atoms with E-state index in [1.54, 1.807) is 18.6 Å². The van der Waals surface area contributed by atoms with Crippen LogP contribution in [0.25, 0.3) is 0 Å². The summed E-state index contributed by atoms with van der Waals surface area (Å²) in [7, 11) is 0. The molecule has 0 spiro atoms. The molecule has 1 fully saturated rings. The Hall–Kier alpha value is -2.50. The monoisotopic (exact) mass is 325 g/mol. The van der Waals surface area contributed by atoms with E-state index in [0.717, 1.165) is 30.9 Å². The molecule has 6 nitrogen and oxygen atoms in total. The number of anilines is 2. The maximum absolute atomic E-state index is 12.6. The quantitative estimate of drug-likeness (QED) is 0.913. The number of aromatic nitrogens is 3. The first-order valence-corrected chi connectivity index (χ1v) is 8.43. The Labute approximate surface area is 142 Å². The Kier molecular flexibility index (Phi) is 5.03. The van der Waals surface area contributed by atoms with Gasteiger partial charge in [-0.05, 0) is 30.9 Å². The smallest absolute Gasteiger partial charge is 0.223 e. The SMILES string of the molecule is CC(C)CC(=O)N1CCCC1c1nccnc1Nc1ccccn1. The highest BCUT2D eigenvalue weighted by Crippen LogP contribution is 2.35. The van der Waals surface area contributed by atoms with Crippen molar-refractivity contribution in [3.8, 4) is 0 Å². The first-order chi connectivity index (χ1) is 11.6. The number of amides is 1. The van der Waals surface area contributed by atoms with Crippen LogP contribution in [0.15, 0.2) is 36.8 Å². The van der Waals surface area contributed by atoms with E-state index in [0.29, 0.717) is 18.2 Å². The van der Waals surface area contributed by atoms with Gasteiger partial charge in [-0.2, -0.15) is 0 Å². The molecule has 1 unspecified atom stereocenters. The fraction of sp³-hybridized carbons (Fsp3) is 0.444. The number of carbonyl (C=O) groups excluding carboxylic acids is 1. The van der Waals surface area contributed by atoms with Crippen molar-refractivity contribution < 1.29 is 4.79 Å². The van der Waals surface area contributed by atoms with Crippen LogP contribution in [0.4, 0.5) is 11.6 Å². The van der Waals surface area contributed by atoms with E-state index < -0.39 is 0 Å². The summed E-state index contributed by atoms with van der Waals surface area (Å²) in [5.41, 5.74) is 0.817. The molecule has 1 aliphatic heterocycles. The first-order valence-electron chi connectivity index (χ1n) is 8.43. The summed E-state index contributed by atoms with van der Waals surface area (Å²) in [5, 5.41) is 3.23. The predicted molar refractivity (Wildman–Crippen MR) is 92.7 cm³/mol. The Morgan fingerprint density at radius 2 is 2.08 bits per heavy atom. The number of rotatable bonds is 5. The van der Waals surface area contributed by atoms with Crippen LogP contribution < -0.4 is 5.32 Å². The van der Waals surface area contributed by atoms with Crippen molar-refractivity contribution in [1.29, 1.82) is 0 Å². The van der Waals surface area contributed by atoms with Crippen molar-refractivity contribution in [2.24, 2.45) is 5.92 Å². The number of hydrogen-bond acceptors (Lipinski definition) is 5. The van der Waals surface area contributed by atoms with Crippen molar-refractivity contribution in [2.45, 2.75) is 39.2 Å². The molecule has 2 aromatic rings. The minimum atomic E-state index is -0.0174. The Morgan fingerprint density at radius 1 is 1.25 bits per heavy atom. The summed E-state index contributed by atoms with van der Waals surface area (Å²) in [6.45, 7) is 4.93. The second-order valence-corrected chi connectivity index (χ2v) is 6.47. The van der Waals surface area contributed by atoms with Crippen LogP contribution in [0.1, 0.15) is 44.8 Å². The van der Waals surface area contributed by atoms with Crippen molar-refractivity contribution >= 4 is 17.5 Å². The molecule has 1 amide bonds. The molecule has 1 N–H and O–H groups in total. The van der Waals surface area contributed by atoms with Gasteiger partial charge in [0.1, 0.15) is 11.5 Å². The van der Waals surface area contributed by atoms with Gasteiger partial charge in [-0.15, -0.1) is 0 Å². The number of likely N-dealkylation sites (tertiary alicyclic amines) is 1. The normalized spacial score (nSPS) is 17.3. The van der Waals surface area contributed by atoms with Gasteiger partial charge in [0, 0.05) is 31.6 Å².